The number of nitrogens with zero attached hydrogens (tertiary/aromatic N) is 1. The van der Waals surface area contributed by atoms with Gasteiger partial charge in [-0.3, -0.25) is 0 Å². The topological polar surface area (TPSA) is 26.2 Å². The summed E-state index contributed by atoms with van der Waals surface area (Å²) in [6, 6.07) is 10.8. The number of hydrogen-bond donors (Lipinski definition) is 1. The van der Waals surface area contributed by atoms with Crippen molar-refractivity contribution in [2.45, 2.75) is 32.9 Å². The van der Waals surface area contributed by atoms with Crippen molar-refractivity contribution in [1.82, 2.24) is 9.88 Å². The van der Waals surface area contributed by atoms with Gasteiger partial charge < -0.3 is 14.6 Å². The fourth-order valence-corrected chi connectivity index (χ4v) is 2.36. The van der Waals surface area contributed by atoms with Crippen LogP contribution in [-0.2, 0) is 17.8 Å². The summed E-state index contributed by atoms with van der Waals surface area (Å²) < 4.78 is 8.05. The minimum absolute atomic E-state index is 0.787. The lowest BCUT2D eigenvalue weighted by Crippen LogP contribution is -2.14. The van der Waals surface area contributed by atoms with Gasteiger partial charge >= 0.3 is 0 Å². The van der Waals surface area contributed by atoms with E-state index in [1.54, 1.807) is 0 Å². The molecule has 1 heterocycles. The maximum absolute atomic E-state index is 5.69. The molecule has 0 spiro atoms. The Hall–Kier alpha value is -1.32. The van der Waals surface area contributed by atoms with Crippen molar-refractivity contribution in [3.8, 4) is 0 Å². The van der Waals surface area contributed by atoms with E-state index in [1.165, 1.54) is 23.0 Å². The van der Waals surface area contributed by atoms with Gasteiger partial charge in [0, 0.05) is 30.9 Å². The number of nitrogens with one attached hydrogen (secondary N) is 1. The summed E-state index contributed by atoms with van der Waals surface area (Å²) in [6.45, 7) is 5.66. The second-order valence-corrected chi connectivity index (χ2v) is 4.84. The zero-order valence-electron chi connectivity index (χ0n) is 12.0. The highest BCUT2D eigenvalue weighted by Crippen LogP contribution is 2.19. The summed E-state index contributed by atoms with van der Waals surface area (Å²) in [7, 11) is 1.99. The highest BCUT2D eigenvalue weighted by atomic mass is 16.5. The monoisotopic (exact) mass is 260 g/mol. The first-order valence-corrected chi connectivity index (χ1v) is 7.16. The summed E-state index contributed by atoms with van der Waals surface area (Å²) in [4.78, 5) is 0. The summed E-state index contributed by atoms with van der Waals surface area (Å²) in [5.41, 5.74) is 2.62. The smallest absolute Gasteiger partial charge is 0.0645 e. The number of ether oxygens (including phenoxy) is 1. The zero-order valence-corrected chi connectivity index (χ0v) is 12.0. The minimum Gasteiger partial charge on any atom is -0.380 e. The third-order valence-corrected chi connectivity index (χ3v) is 3.36. The van der Waals surface area contributed by atoms with Crippen LogP contribution in [0.2, 0.25) is 0 Å². The lowest BCUT2D eigenvalue weighted by atomic mass is 10.2. The van der Waals surface area contributed by atoms with Gasteiger partial charge in [-0.05, 0) is 31.0 Å². The molecular weight excluding hydrogens is 236 g/mol. The quantitative estimate of drug-likeness (QED) is 0.738. The van der Waals surface area contributed by atoms with Crippen molar-refractivity contribution in [1.29, 1.82) is 0 Å². The van der Waals surface area contributed by atoms with Gasteiger partial charge in [0.1, 0.15) is 0 Å². The first-order chi connectivity index (χ1) is 9.36. The second-order valence-electron chi connectivity index (χ2n) is 4.84. The number of aromatic nitrogens is 1. The Balaban J connectivity index is 2.08. The van der Waals surface area contributed by atoms with E-state index < -0.39 is 0 Å². The van der Waals surface area contributed by atoms with Gasteiger partial charge in [0.2, 0.25) is 0 Å². The van der Waals surface area contributed by atoms with Gasteiger partial charge in [-0.1, -0.05) is 31.5 Å². The maximum Gasteiger partial charge on any atom is 0.0645 e. The lowest BCUT2D eigenvalue weighted by molar-refractivity contribution is 0.124. The predicted octanol–water partition coefficient (Wildman–Crippen LogP) is 3.18. The van der Waals surface area contributed by atoms with Gasteiger partial charge in [-0.2, -0.15) is 0 Å². The summed E-state index contributed by atoms with van der Waals surface area (Å²) in [5.74, 6) is 0. The van der Waals surface area contributed by atoms with E-state index in [0.717, 1.165) is 32.7 Å². The van der Waals surface area contributed by atoms with Crippen LogP contribution in [0.25, 0.3) is 10.9 Å². The van der Waals surface area contributed by atoms with E-state index in [2.05, 4.69) is 47.1 Å². The van der Waals surface area contributed by atoms with Crippen LogP contribution < -0.4 is 5.32 Å². The molecule has 3 heteroatoms. The highest BCUT2D eigenvalue weighted by Gasteiger charge is 2.07. The molecule has 0 radical (unpaired) electrons. The first kappa shape index (κ1) is 14.1. The second kappa shape index (κ2) is 7.31. The Morgan fingerprint density at radius 3 is 2.84 bits per heavy atom. The van der Waals surface area contributed by atoms with Gasteiger partial charge in [-0.15, -0.1) is 0 Å². The molecule has 19 heavy (non-hydrogen) atoms. The molecule has 0 bridgehead atoms. The molecule has 0 atom stereocenters. The average Bonchev–Trinajstić information content (AvgIpc) is 2.77. The summed E-state index contributed by atoms with van der Waals surface area (Å²) >= 11 is 0. The van der Waals surface area contributed by atoms with Crippen molar-refractivity contribution in [3.05, 3.63) is 36.0 Å². The Kier molecular flexibility index (Phi) is 5.43. The molecule has 0 saturated heterocycles. The number of unbranched alkanes of at least 4 members (excludes halogenated alkanes) is 1. The van der Waals surface area contributed by atoms with Gasteiger partial charge in [0.25, 0.3) is 0 Å². The maximum atomic E-state index is 5.69. The molecule has 0 aliphatic carbocycles. The number of fused-ring (bicyclic) bond motifs is 1. The minimum atomic E-state index is 0.787. The number of para-hydroxylation sites is 1. The molecule has 0 fully saturated rings. The number of hydrogen-bond acceptors (Lipinski definition) is 2. The predicted molar refractivity (Wildman–Crippen MR) is 80.4 cm³/mol. The molecule has 0 aliphatic rings. The van der Waals surface area contributed by atoms with E-state index in [4.69, 9.17) is 4.74 Å². The number of rotatable bonds is 8. The SMILES string of the molecule is CCCCOCCn1c(CNC)cc2ccccc21. The van der Waals surface area contributed by atoms with Crippen molar-refractivity contribution in [3.63, 3.8) is 0 Å². The average molecular weight is 260 g/mol. The first-order valence-electron chi connectivity index (χ1n) is 7.16. The molecule has 1 N–H and O–H groups in total. The largest absolute Gasteiger partial charge is 0.380 e. The Labute approximate surface area is 115 Å². The summed E-state index contributed by atoms with van der Waals surface area (Å²) in [6.07, 6.45) is 2.34. The van der Waals surface area contributed by atoms with E-state index in [1.807, 2.05) is 7.05 Å². The molecule has 104 valence electrons. The molecule has 2 rings (SSSR count). The molecule has 0 saturated carbocycles. The van der Waals surface area contributed by atoms with Crippen molar-refractivity contribution in [2.75, 3.05) is 20.3 Å². The third kappa shape index (κ3) is 3.58. The molecule has 1 aromatic heterocycles. The van der Waals surface area contributed by atoms with E-state index >= 15 is 0 Å². The molecule has 0 unspecified atom stereocenters. The van der Waals surface area contributed by atoms with E-state index in [9.17, 15) is 0 Å². The Bertz CT molecular complexity index is 504. The van der Waals surface area contributed by atoms with Crippen LogP contribution in [0.4, 0.5) is 0 Å². The van der Waals surface area contributed by atoms with Gasteiger partial charge in [-0.25, -0.2) is 0 Å². The standard InChI is InChI=1S/C16H24N2O/c1-3-4-10-19-11-9-18-15(13-17-2)12-14-7-5-6-8-16(14)18/h5-8,12,17H,3-4,9-11,13H2,1-2H3. The van der Waals surface area contributed by atoms with Gasteiger partial charge in [0.15, 0.2) is 0 Å². The molecule has 0 aliphatic heterocycles. The third-order valence-electron chi connectivity index (χ3n) is 3.36. The van der Waals surface area contributed by atoms with Crippen LogP contribution in [0.15, 0.2) is 30.3 Å². The zero-order chi connectivity index (χ0) is 13.5. The van der Waals surface area contributed by atoms with Crippen molar-refractivity contribution >= 4 is 10.9 Å². The van der Waals surface area contributed by atoms with Crippen LogP contribution in [0.5, 0.6) is 0 Å². The van der Waals surface area contributed by atoms with Crippen LogP contribution >= 0.6 is 0 Å². The van der Waals surface area contributed by atoms with Crippen LogP contribution in [0.1, 0.15) is 25.5 Å². The van der Waals surface area contributed by atoms with Crippen LogP contribution in [-0.4, -0.2) is 24.8 Å². The fourth-order valence-electron chi connectivity index (χ4n) is 2.36. The number of benzene rings is 1. The van der Waals surface area contributed by atoms with Crippen LogP contribution in [0, 0.1) is 0 Å². The Morgan fingerprint density at radius 1 is 1.21 bits per heavy atom. The van der Waals surface area contributed by atoms with Crippen LogP contribution in [0.3, 0.4) is 0 Å². The van der Waals surface area contributed by atoms with E-state index in [-0.39, 0.29) is 0 Å². The lowest BCUT2D eigenvalue weighted by Gasteiger charge is -2.11. The Morgan fingerprint density at radius 2 is 2.05 bits per heavy atom. The van der Waals surface area contributed by atoms with Gasteiger partial charge in [0.05, 0.1) is 6.61 Å². The van der Waals surface area contributed by atoms with Crippen molar-refractivity contribution < 1.29 is 4.74 Å². The van der Waals surface area contributed by atoms with Crippen molar-refractivity contribution in [2.24, 2.45) is 0 Å². The molecule has 0 amide bonds. The fraction of sp³-hybridized carbons (Fsp3) is 0.500. The highest BCUT2D eigenvalue weighted by molar-refractivity contribution is 5.81. The molecule has 2 aromatic rings. The molecule has 3 nitrogen and oxygen atoms in total. The molecule has 1 aromatic carbocycles. The normalized spacial score (nSPS) is 11.3. The van der Waals surface area contributed by atoms with E-state index in [0.29, 0.717) is 0 Å². The summed E-state index contributed by atoms with van der Waals surface area (Å²) in [5, 5.41) is 4.54. The molecular formula is C16H24N2O.